The quantitative estimate of drug-likeness (QED) is 0.375. The lowest BCUT2D eigenvalue weighted by atomic mass is 10.1. The third-order valence-corrected chi connectivity index (χ3v) is 3.82. The average Bonchev–Trinajstić information content (AvgIpc) is 2.66. The molecule has 0 radical (unpaired) electrons. The van der Waals surface area contributed by atoms with Crippen molar-refractivity contribution >= 4 is 28.1 Å². The Labute approximate surface area is 152 Å². The minimum Gasteiger partial charge on any atom is -0.465 e. The van der Waals surface area contributed by atoms with Crippen molar-refractivity contribution in [1.29, 1.82) is 0 Å². The molecule has 0 aliphatic carbocycles. The normalized spacial score (nSPS) is 10.4. The summed E-state index contributed by atoms with van der Waals surface area (Å²) in [6, 6.07) is 13.3. The fraction of sp³-hybridized carbons (Fsp3) is 0.0556. The predicted molar refractivity (Wildman–Crippen MR) is 95.1 cm³/mol. The van der Waals surface area contributed by atoms with E-state index in [1.807, 2.05) is 0 Å². The Kier molecular flexibility index (Phi) is 4.67. The van der Waals surface area contributed by atoms with E-state index in [2.05, 4.69) is 0 Å². The van der Waals surface area contributed by atoms with Gasteiger partial charge in [0.25, 0.3) is 5.69 Å². The number of fused-ring (bicyclic) bond motifs is 1. The van der Waals surface area contributed by atoms with Gasteiger partial charge in [-0.2, -0.15) is 0 Å². The van der Waals surface area contributed by atoms with Gasteiger partial charge in [-0.05, 0) is 29.0 Å². The molecule has 0 aliphatic heterocycles. The lowest BCUT2D eigenvalue weighted by molar-refractivity contribution is -0.394. The molecule has 0 aliphatic rings. The summed E-state index contributed by atoms with van der Waals surface area (Å²) >= 11 is 0. The van der Waals surface area contributed by atoms with Crippen LogP contribution in [0, 0.1) is 20.2 Å². The highest BCUT2D eigenvalue weighted by molar-refractivity contribution is 5.98. The first-order chi connectivity index (χ1) is 12.9. The topological polar surface area (TPSA) is 122 Å². The smallest absolute Gasteiger partial charge is 0.341 e. The number of hydrogen-bond acceptors (Lipinski definition) is 7. The van der Waals surface area contributed by atoms with Crippen molar-refractivity contribution in [3.63, 3.8) is 0 Å². The number of benzene rings is 3. The van der Waals surface area contributed by atoms with Crippen LogP contribution in [0.5, 0.6) is 11.5 Å². The molecule has 0 atom stereocenters. The Morgan fingerprint density at radius 2 is 1.56 bits per heavy atom. The average molecular weight is 368 g/mol. The van der Waals surface area contributed by atoms with E-state index in [0.29, 0.717) is 0 Å². The van der Waals surface area contributed by atoms with Gasteiger partial charge in [-0.3, -0.25) is 20.2 Å². The number of rotatable bonds is 5. The first kappa shape index (κ1) is 17.8. The van der Waals surface area contributed by atoms with Gasteiger partial charge in [0.05, 0.1) is 23.0 Å². The molecule has 9 heteroatoms. The van der Waals surface area contributed by atoms with E-state index < -0.39 is 27.2 Å². The van der Waals surface area contributed by atoms with E-state index in [-0.39, 0.29) is 17.1 Å². The molecule has 0 amide bonds. The van der Waals surface area contributed by atoms with E-state index in [0.717, 1.165) is 29.0 Å². The van der Waals surface area contributed by atoms with Crippen molar-refractivity contribution in [1.82, 2.24) is 0 Å². The van der Waals surface area contributed by atoms with Crippen molar-refractivity contribution in [3.8, 4) is 11.5 Å². The van der Waals surface area contributed by atoms with Crippen molar-refractivity contribution in [2.45, 2.75) is 0 Å². The standard InChI is InChI=1S/C18H12N2O7/c1-26-18(21)14-8-11-4-2-3-5-12(11)9-17(14)27-16-7-6-13(19(22)23)10-15(16)20(24)25/h2-10H,1H3. The maximum Gasteiger partial charge on any atom is 0.341 e. The maximum atomic E-state index is 12.1. The molecular formula is C18H12N2O7. The van der Waals surface area contributed by atoms with Gasteiger partial charge >= 0.3 is 11.7 Å². The second-order valence-electron chi connectivity index (χ2n) is 5.46. The Balaban J connectivity index is 2.14. The highest BCUT2D eigenvalue weighted by atomic mass is 16.6. The molecule has 0 aromatic heterocycles. The number of nitro benzene ring substituents is 2. The number of hydrogen-bond donors (Lipinski definition) is 0. The number of nitrogens with zero attached hydrogens (tertiary/aromatic N) is 2. The monoisotopic (exact) mass is 368 g/mol. The van der Waals surface area contributed by atoms with Crippen molar-refractivity contribution < 1.29 is 24.1 Å². The van der Waals surface area contributed by atoms with Gasteiger partial charge in [0.15, 0.2) is 0 Å². The predicted octanol–water partition coefficient (Wildman–Crippen LogP) is 4.24. The molecule has 0 heterocycles. The highest BCUT2D eigenvalue weighted by Gasteiger charge is 2.23. The summed E-state index contributed by atoms with van der Waals surface area (Å²) in [7, 11) is 1.20. The number of nitro groups is 2. The van der Waals surface area contributed by atoms with Crippen LogP contribution in [0.25, 0.3) is 10.8 Å². The Bertz CT molecular complexity index is 1080. The van der Waals surface area contributed by atoms with Crippen LogP contribution in [0.4, 0.5) is 11.4 Å². The zero-order chi connectivity index (χ0) is 19.6. The lowest BCUT2D eigenvalue weighted by Gasteiger charge is -2.12. The summed E-state index contributed by atoms with van der Waals surface area (Å²) in [6.07, 6.45) is 0. The highest BCUT2D eigenvalue weighted by Crippen LogP contribution is 2.37. The Morgan fingerprint density at radius 3 is 2.15 bits per heavy atom. The van der Waals surface area contributed by atoms with Crippen LogP contribution in [-0.2, 0) is 4.74 Å². The number of carbonyl (C=O) groups is 1. The summed E-state index contributed by atoms with van der Waals surface area (Å²) in [5.74, 6) is -0.871. The number of methoxy groups -OCH3 is 1. The van der Waals surface area contributed by atoms with Crippen molar-refractivity contribution in [2.24, 2.45) is 0 Å². The van der Waals surface area contributed by atoms with E-state index in [4.69, 9.17) is 9.47 Å². The van der Waals surface area contributed by atoms with Crippen LogP contribution < -0.4 is 4.74 Å². The molecule has 0 bridgehead atoms. The molecule has 136 valence electrons. The zero-order valence-electron chi connectivity index (χ0n) is 13.9. The first-order valence-electron chi connectivity index (χ1n) is 7.62. The van der Waals surface area contributed by atoms with Crippen LogP contribution in [0.3, 0.4) is 0 Å². The number of esters is 1. The third kappa shape index (κ3) is 3.52. The fourth-order valence-electron chi connectivity index (χ4n) is 2.54. The molecule has 0 N–H and O–H groups in total. The molecule has 3 aromatic rings. The lowest BCUT2D eigenvalue weighted by Crippen LogP contribution is -2.04. The molecular weight excluding hydrogens is 356 g/mol. The van der Waals surface area contributed by atoms with Gasteiger partial charge in [-0.1, -0.05) is 24.3 Å². The molecule has 0 unspecified atom stereocenters. The Hall–Kier alpha value is -4.01. The van der Waals surface area contributed by atoms with E-state index in [1.165, 1.54) is 7.11 Å². The summed E-state index contributed by atoms with van der Waals surface area (Å²) in [5, 5.41) is 23.6. The van der Waals surface area contributed by atoms with E-state index >= 15 is 0 Å². The molecule has 3 rings (SSSR count). The van der Waals surface area contributed by atoms with Gasteiger partial charge in [0.1, 0.15) is 11.3 Å². The van der Waals surface area contributed by atoms with Crippen molar-refractivity contribution in [3.05, 3.63) is 80.4 Å². The van der Waals surface area contributed by atoms with Gasteiger partial charge in [0.2, 0.25) is 5.75 Å². The van der Waals surface area contributed by atoms with Crippen LogP contribution in [0.2, 0.25) is 0 Å². The second kappa shape index (κ2) is 7.08. The van der Waals surface area contributed by atoms with Gasteiger partial charge < -0.3 is 9.47 Å². The summed E-state index contributed by atoms with van der Waals surface area (Å²) in [5.41, 5.74) is -0.960. The van der Waals surface area contributed by atoms with Crippen LogP contribution >= 0.6 is 0 Å². The zero-order valence-corrected chi connectivity index (χ0v) is 13.9. The molecule has 9 nitrogen and oxygen atoms in total. The second-order valence-corrected chi connectivity index (χ2v) is 5.46. The summed E-state index contributed by atoms with van der Waals surface area (Å²) in [4.78, 5) is 32.7. The van der Waals surface area contributed by atoms with E-state index in [1.54, 1.807) is 36.4 Å². The summed E-state index contributed by atoms with van der Waals surface area (Å²) < 4.78 is 10.4. The largest absolute Gasteiger partial charge is 0.465 e. The van der Waals surface area contributed by atoms with Crippen LogP contribution in [0.1, 0.15) is 10.4 Å². The number of ether oxygens (including phenoxy) is 2. The number of carbonyl (C=O) groups excluding carboxylic acids is 1. The SMILES string of the molecule is COC(=O)c1cc2ccccc2cc1Oc1ccc([N+](=O)[O-])cc1[N+](=O)[O-]. The van der Waals surface area contributed by atoms with Crippen LogP contribution in [-0.4, -0.2) is 22.9 Å². The number of non-ortho nitro benzene ring substituents is 1. The van der Waals surface area contributed by atoms with Crippen LogP contribution in [0.15, 0.2) is 54.6 Å². The Morgan fingerprint density at radius 1 is 0.889 bits per heavy atom. The summed E-state index contributed by atoms with van der Waals surface area (Å²) in [6.45, 7) is 0. The molecule has 0 saturated carbocycles. The third-order valence-electron chi connectivity index (χ3n) is 3.82. The van der Waals surface area contributed by atoms with Gasteiger partial charge in [-0.25, -0.2) is 4.79 Å². The molecule has 27 heavy (non-hydrogen) atoms. The van der Waals surface area contributed by atoms with E-state index in [9.17, 15) is 25.0 Å². The molecule has 0 saturated heterocycles. The van der Waals surface area contributed by atoms with Gasteiger partial charge in [0, 0.05) is 6.07 Å². The minimum atomic E-state index is -0.790. The molecule has 0 fully saturated rings. The molecule has 0 spiro atoms. The maximum absolute atomic E-state index is 12.1. The van der Waals surface area contributed by atoms with Crippen molar-refractivity contribution in [2.75, 3.05) is 7.11 Å². The minimum absolute atomic E-state index is 0.0394. The molecule has 3 aromatic carbocycles. The fourth-order valence-corrected chi connectivity index (χ4v) is 2.54. The first-order valence-corrected chi connectivity index (χ1v) is 7.62. The van der Waals surface area contributed by atoms with Gasteiger partial charge in [-0.15, -0.1) is 0 Å².